The van der Waals surface area contributed by atoms with Gasteiger partial charge in [-0.1, -0.05) is 12.1 Å². The Kier molecular flexibility index (Phi) is 5.00. The van der Waals surface area contributed by atoms with Gasteiger partial charge < -0.3 is 14.7 Å². The van der Waals surface area contributed by atoms with Crippen LogP contribution in [0.15, 0.2) is 42.6 Å². The van der Waals surface area contributed by atoms with Gasteiger partial charge in [0.1, 0.15) is 0 Å². The van der Waals surface area contributed by atoms with Crippen molar-refractivity contribution in [2.75, 3.05) is 37.6 Å². The lowest BCUT2D eigenvalue weighted by molar-refractivity contribution is -0.128. The first-order chi connectivity index (χ1) is 13.2. The van der Waals surface area contributed by atoms with Gasteiger partial charge in [-0.2, -0.15) is 5.10 Å². The highest BCUT2D eigenvalue weighted by Gasteiger charge is 2.24. The Bertz CT molecular complexity index is 818. The number of rotatable bonds is 4. The molecule has 2 amide bonds. The summed E-state index contributed by atoms with van der Waals surface area (Å²) in [5.41, 5.74) is 1.70. The SMILES string of the molecule is O=C1CCCN1Cc1cccc(C(=O)N2CCN(c3cccnn3)CC2)c1. The van der Waals surface area contributed by atoms with Crippen molar-refractivity contribution in [2.24, 2.45) is 0 Å². The molecule has 27 heavy (non-hydrogen) atoms. The first-order valence-corrected chi connectivity index (χ1v) is 9.39. The van der Waals surface area contributed by atoms with E-state index in [9.17, 15) is 9.59 Å². The fourth-order valence-electron chi connectivity index (χ4n) is 3.68. The number of nitrogens with zero attached hydrogens (tertiary/aromatic N) is 5. The summed E-state index contributed by atoms with van der Waals surface area (Å²) >= 11 is 0. The predicted octanol–water partition coefficient (Wildman–Crippen LogP) is 1.56. The van der Waals surface area contributed by atoms with Crippen LogP contribution in [-0.4, -0.2) is 64.5 Å². The van der Waals surface area contributed by atoms with E-state index in [2.05, 4.69) is 15.1 Å². The van der Waals surface area contributed by atoms with E-state index < -0.39 is 0 Å². The first kappa shape index (κ1) is 17.5. The molecule has 1 aromatic heterocycles. The van der Waals surface area contributed by atoms with Crippen LogP contribution >= 0.6 is 0 Å². The van der Waals surface area contributed by atoms with Crippen molar-refractivity contribution in [2.45, 2.75) is 19.4 Å². The largest absolute Gasteiger partial charge is 0.352 e. The Morgan fingerprint density at radius 3 is 2.59 bits per heavy atom. The number of piperazine rings is 1. The molecule has 2 saturated heterocycles. The molecule has 2 aliphatic rings. The number of likely N-dealkylation sites (tertiary alicyclic amines) is 1. The molecular weight excluding hydrogens is 342 g/mol. The van der Waals surface area contributed by atoms with Crippen molar-refractivity contribution in [3.8, 4) is 0 Å². The van der Waals surface area contributed by atoms with Crippen LogP contribution in [0, 0.1) is 0 Å². The summed E-state index contributed by atoms with van der Waals surface area (Å²) < 4.78 is 0. The third kappa shape index (κ3) is 3.92. The van der Waals surface area contributed by atoms with E-state index in [4.69, 9.17) is 0 Å². The summed E-state index contributed by atoms with van der Waals surface area (Å²) in [5, 5.41) is 8.06. The average molecular weight is 365 g/mol. The van der Waals surface area contributed by atoms with Crippen LogP contribution in [0.25, 0.3) is 0 Å². The van der Waals surface area contributed by atoms with E-state index in [0.29, 0.717) is 31.6 Å². The minimum atomic E-state index is 0.0448. The van der Waals surface area contributed by atoms with Crippen LogP contribution in [-0.2, 0) is 11.3 Å². The Morgan fingerprint density at radius 1 is 1.04 bits per heavy atom. The Morgan fingerprint density at radius 2 is 1.89 bits per heavy atom. The number of carbonyl (C=O) groups is 2. The highest BCUT2D eigenvalue weighted by molar-refractivity contribution is 5.94. The zero-order valence-corrected chi connectivity index (χ0v) is 15.3. The van der Waals surface area contributed by atoms with E-state index in [0.717, 1.165) is 37.4 Å². The highest BCUT2D eigenvalue weighted by atomic mass is 16.2. The van der Waals surface area contributed by atoms with Crippen LogP contribution < -0.4 is 4.90 Å². The Hall–Kier alpha value is -2.96. The molecule has 2 fully saturated rings. The van der Waals surface area contributed by atoms with E-state index in [-0.39, 0.29) is 11.8 Å². The van der Waals surface area contributed by atoms with Crippen LogP contribution in [0.4, 0.5) is 5.82 Å². The Labute approximate surface area is 158 Å². The second kappa shape index (κ2) is 7.73. The van der Waals surface area contributed by atoms with E-state index in [1.165, 1.54) is 0 Å². The molecule has 0 saturated carbocycles. The maximum atomic E-state index is 12.9. The molecule has 0 unspecified atom stereocenters. The normalized spacial score (nSPS) is 17.5. The highest BCUT2D eigenvalue weighted by Crippen LogP contribution is 2.17. The summed E-state index contributed by atoms with van der Waals surface area (Å²) in [4.78, 5) is 30.6. The van der Waals surface area contributed by atoms with Gasteiger partial charge >= 0.3 is 0 Å². The van der Waals surface area contributed by atoms with E-state index in [1.54, 1.807) is 6.20 Å². The van der Waals surface area contributed by atoms with E-state index in [1.807, 2.05) is 46.2 Å². The smallest absolute Gasteiger partial charge is 0.253 e. The van der Waals surface area contributed by atoms with Gasteiger partial charge in [-0.25, -0.2) is 0 Å². The second-order valence-electron chi connectivity index (χ2n) is 6.98. The summed E-state index contributed by atoms with van der Waals surface area (Å²) in [5.74, 6) is 1.09. The molecular formula is C20H23N5O2. The van der Waals surface area contributed by atoms with Crippen molar-refractivity contribution >= 4 is 17.6 Å². The molecule has 0 bridgehead atoms. The van der Waals surface area contributed by atoms with Crippen molar-refractivity contribution in [3.05, 3.63) is 53.7 Å². The van der Waals surface area contributed by atoms with Crippen LogP contribution in [0.3, 0.4) is 0 Å². The minimum absolute atomic E-state index is 0.0448. The van der Waals surface area contributed by atoms with Gasteiger partial charge in [0.05, 0.1) is 0 Å². The predicted molar refractivity (Wildman–Crippen MR) is 101 cm³/mol. The third-order valence-corrected chi connectivity index (χ3v) is 5.17. The standard InChI is InChI=1S/C20H23N5O2/c26-19-7-3-9-25(19)15-16-4-1-5-17(14-16)20(27)24-12-10-23(11-13-24)18-6-2-8-21-22-18/h1-2,4-6,8,14H,3,7,9-13,15H2. The van der Waals surface area contributed by atoms with Gasteiger partial charge in [0.25, 0.3) is 5.91 Å². The third-order valence-electron chi connectivity index (χ3n) is 5.17. The molecule has 2 aromatic rings. The number of benzene rings is 1. The van der Waals surface area contributed by atoms with Gasteiger partial charge in [-0.3, -0.25) is 9.59 Å². The molecule has 2 aliphatic heterocycles. The molecule has 0 spiro atoms. The molecule has 7 nitrogen and oxygen atoms in total. The molecule has 0 radical (unpaired) electrons. The van der Waals surface area contributed by atoms with E-state index >= 15 is 0 Å². The molecule has 3 heterocycles. The van der Waals surface area contributed by atoms with Gasteiger partial charge in [0.15, 0.2) is 5.82 Å². The number of hydrogen-bond acceptors (Lipinski definition) is 5. The molecule has 140 valence electrons. The fourth-order valence-corrected chi connectivity index (χ4v) is 3.68. The van der Waals surface area contributed by atoms with Gasteiger partial charge in [0.2, 0.25) is 5.91 Å². The van der Waals surface area contributed by atoms with Crippen LogP contribution in [0.5, 0.6) is 0 Å². The van der Waals surface area contributed by atoms with Gasteiger partial charge in [0, 0.05) is 57.4 Å². The maximum absolute atomic E-state index is 12.9. The van der Waals surface area contributed by atoms with Crippen molar-refractivity contribution < 1.29 is 9.59 Å². The van der Waals surface area contributed by atoms with Crippen molar-refractivity contribution in [3.63, 3.8) is 0 Å². The second-order valence-corrected chi connectivity index (χ2v) is 6.98. The number of aromatic nitrogens is 2. The molecule has 0 aliphatic carbocycles. The maximum Gasteiger partial charge on any atom is 0.253 e. The Balaban J connectivity index is 1.38. The van der Waals surface area contributed by atoms with Crippen molar-refractivity contribution in [1.29, 1.82) is 0 Å². The monoisotopic (exact) mass is 365 g/mol. The lowest BCUT2D eigenvalue weighted by atomic mass is 10.1. The molecule has 0 N–H and O–H groups in total. The number of hydrogen-bond donors (Lipinski definition) is 0. The number of anilines is 1. The number of carbonyl (C=O) groups excluding carboxylic acids is 2. The van der Waals surface area contributed by atoms with Gasteiger partial charge in [-0.05, 0) is 36.2 Å². The van der Waals surface area contributed by atoms with Gasteiger partial charge in [-0.15, -0.1) is 5.10 Å². The zero-order valence-electron chi connectivity index (χ0n) is 15.3. The molecule has 4 rings (SSSR count). The summed E-state index contributed by atoms with van der Waals surface area (Å²) in [7, 11) is 0. The summed E-state index contributed by atoms with van der Waals surface area (Å²) in [6.45, 7) is 4.19. The van der Waals surface area contributed by atoms with Crippen LogP contribution in [0.2, 0.25) is 0 Å². The average Bonchev–Trinajstić information content (AvgIpc) is 3.13. The van der Waals surface area contributed by atoms with Crippen molar-refractivity contribution in [1.82, 2.24) is 20.0 Å². The fraction of sp³-hybridized carbons (Fsp3) is 0.400. The quantitative estimate of drug-likeness (QED) is 0.822. The lowest BCUT2D eigenvalue weighted by Crippen LogP contribution is -2.49. The molecule has 7 heteroatoms. The molecule has 1 aromatic carbocycles. The summed E-state index contributed by atoms with van der Waals surface area (Å²) in [6, 6.07) is 11.5. The minimum Gasteiger partial charge on any atom is -0.352 e. The molecule has 0 atom stereocenters. The number of amides is 2. The summed E-state index contributed by atoms with van der Waals surface area (Å²) in [6.07, 6.45) is 3.22. The topological polar surface area (TPSA) is 69.6 Å². The van der Waals surface area contributed by atoms with Crippen LogP contribution in [0.1, 0.15) is 28.8 Å². The lowest BCUT2D eigenvalue weighted by Gasteiger charge is -2.35. The zero-order chi connectivity index (χ0) is 18.6. The first-order valence-electron chi connectivity index (χ1n) is 9.39.